The first-order valence-electron chi connectivity index (χ1n) is 9.74. The fourth-order valence-electron chi connectivity index (χ4n) is 3.37. The van der Waals surface area contributed by atoms with E-state index in [1.807, 2.05) is 0 Å². The third kappa shape index (κ3) is 7.50. The van der Waals surface area contributed by atoms with Gasteiger partial charge >= 0.3 is 6.18 Å². The number of anilines is 1. The maximum atomic E-state index is 13.0. The van der Waals surface area contributed by atoms with Crippen LogP contribution < -0.4 is 16.0 Å². The van der Waals surface area contributed by atoms with Gasteiger partial charge in [-0.25, -0.2) is 0 Å². The Morgan fingerprint density at radius 2 is 1.79 bits per heavy atom. The second-order valence-electron chi connectivity index (χ2n) is 7.30. The van der Waals surface area contributed by atoms with E-state index in [0.29, 0.717) is 13.0 Å². The minimum absolute atomic E-state index is 0.0104. The van der Waals surface area contributed by atoms with Gasteiger partial charge in [-0.15, -0.1) is 0 Å². The van der Waals surface area contributed by atoms with Gasteiger partial charge in [-0.3, -0.25) is 9.59 Å². The number of hydrogen-bond donors (Lipinski definition) is 3. The number of alkyl halides is 3. The molecule has 1 aromatic carbocycles. The second kappa shape index (κ2) is 10.5. The van der Waals surface area contributed by atoms with Gasteiger partial charge in [0.05, 0.1) is 11.3 Å². The highest BCUT2D eigenvalue weighted by Crippen LogP contribution is 2.34. The predicted octanol–water partition coefficient (Wildman–Crippen LogP) is 3.85. The summed E-state index contributed by atoms with van der Waals surface area (Å²) in [6.45, 7) is 2.17. The van der Waals surface area contributed by atoms with Crippen LogP contribution >= 0.6 is 0 Å². The lowest BCUT2D eigenvalue weighted by Crippen LogP contribution is -2.39. The zero-order valence-corrected chi connectivity index (χ0v) is 16.1. The van der Waals surface area contributed by atoms with Crippen molar-refractivity contribution in [3.63, 3.8) is 0 Å². The maximum Gasteiger partial charge on any atom is 0.418 e. The van der Waals surface area contributed by atoms with E-state index in [4.69, 9.17) is 0 Å². The van der Waals surface area contributed by atoms with Gasteiger partial charge in [-0.2, -0.15) is 13.2 Å². The molecule has 28 heavy (non-hydrogen) atoms. The molecule has 2 amide bonds. The molecular formula is C20H28F3N3O2. The van der Waals surface area contributed by atoms with Crippen LogP contribution in [0.2, 0.25) is 0 Å². The molecule has 1 fully saturated rings. The first-order valence-corrected chi connectivity index (χ1v) is 9.74. The summed E-state index contributed by atoms with van der Waals surface area (Å²) >= 11 is 0. The van der Waals surface area contributed by atoms with E-state index in [1.165, 1.54) is 24.6 Å². The SMILES string of the molecule is CC(CC(=O)Nc1ccccc1C(F)(F)F)NCCC(=O)NC1CCCCC1. The molecule has 1 atom stereocenters. The summed E-state index contributed by atoms with van der Waals surface area (Å²) in [5.74, 6) is -0.529. The topological polar surface area (TPSA) is 70.2 Å². The van der Waals surface area contributed by atoms with Gasteiger partial charge in [0.1, 0.15) is 0 Å². The molecule has 1 aliphatic carbocycles. The van der Waals surface area contributed by atoms with Crippen molar-refractivity contribution in [2.45, 2.75) is 70.1 Å². The third-order valence-electron chi connectivity index (χ3n) is 4.81. The summed E-state index contributed by atoms with van der Waals surface area (Å²) in [7, 11) is 0. The van der Waals surface area contributed by atoms with Crippen LogP contribution in [0.4, 0.5) is 18.9 Å². The number of carbonyl (C=O) groups is 2. The van der Waals surface area contributed by atoms with Gasteiger partial charge in [0.15, 0.2) is 0 Å². The van der Waals surface area contributed by atoms with Crippen molar-refractivity contribution < 1.29 is 22.8 Å². The van der Waals surface area contributed by atoms with Crippen molar-refractivity contribution in [3.8, 4) is 0 Å². The van der Waals surface area contributed by atoms with Crippen LogP contribution in [0.3, 0.4) is 0 Å². The van der Waals surface area contributed by atoms with E-state index < -0.39 is 17.6 Å². The van der Waals surface area contributed by atoms with Crippen molar-refractivity contribution in [2.75, 3.05) is 11.9 Å². The smallest absolute Gasteiger partial charge is 0.353 e. The lowest BCUT2D eigenvalue weighted by atomic mass is 9.95. The van der Waals surface area contributed by atoms with Crippen LogP contribution in [0, 0.1) is 0 Å². The monoisotopic (exact) mass is 399 g/mol. The van der Waals surface area contributed by atoms with Crippen LogP contribution in [-0.4, -0.2) is 30.4 Å². The first-order chi connectivity index (χ1) is 13.3. The molecule has 0 radical (unpaired) electrons. The van der Waals surface area contributed by atoms with E-state index in [0.717, 1.165) is 31.7 Å². The zero-order valence-electron chi connectivity index (χ0n) is 16.1. The maximum absolute atomic E-state index is 13.0. The standard InChI is InChI=1S/C20H28F3N3O2/c1-14(24-12-11-18(27)25-15-7-3-2-4-8-15)13-19(28)26-17-10-6-5-9-16(17)20(21,22)23/h5-6,9-10,14-15,24H,2-4,7-8,11-13H2,1H3,(H,25,27)(H,26,28). The Kier molecular flexibility index (Phi) is 8.29. The molecule has 2 rings (SSSR count). The van der Waals surface area contributed by atoms with Gasteiger partial charge in [-0.1, -0.05) is 31.4 Å². The Hall–Kier alpha value is -2.09. The van der Waals surface area contributed by atoms with Crippen LogP contribution in [0.5, 0.6) is 0 Å². The first kappa shape index (κ1) is 22.2. The quantitative estimate of drug-likeness (QED) is 0.622. The molecule has 1 unspecified atom stereocenters. The summed E-state index contributed by atoms with van der Waals surface area (Å²) in [4.78, 5) is 24.0. The highest BCUT2D eigenvalue weighted by molar-refractivity contribution is 5.92. The lowest BCUT2D eigenvalue weighted by molar-refractivity contribution is -0.137. The fraction of sp³-hybridized carbons (Fsp3) is 0.600. The zero-order chi connectivity index (χ0) is 20.6. The second-order valence-corrected chi connectivity index (χ2v) is 7.30. The average molecular weight is 399 g/mol. The van der Waals surface area contributed by atoms with Gasteiger partial charge < -0.3 is 16.0 Å². The summed E-state index contributed by atoms with van der Waals surface area (Å²) < 4.78 is 38.9. The van der Waals surface area contributed by atoms with Crippen molar-refractivity contribution in [3.05, 3.63) is 29.8 Å². The number of benzene rings is 1. The number of rotatable bonds is 8. The number of nitrogens with one attached hydrogen (secondary N) is 3. The molecule has 5 nitrogen and oxygen atoms in total. The van der Waals surface area contributed by atoms with Crippen molar-refractivity contribution in [2.24, 2.45) is 0 Å². The largest absolute Gasteiger partial charge is 0.418 e. The molecule has 8 heteroatoms. The predicted molar refractivity (Wildman–Crippen MR) is 102 cm³/mol. The summed E-state index contributed by atoms with van der Waals surface area (Å²) in [5, 5.41) is 8.41. The van der Waals surface area contributed by atoms with E-state index in [9.17, 15) is 22.8 Å². The molecule has 0 aliphatic heterocycles. The van der Waals surface area contributed by atoms with Crippen molar-refractivity contribution >= 4 is 17.5 Å². The van der Waals surface area contributed by atoms with Crippen LogP contribution in [0.25, 0.3) is 0 Å². The van der Waals surface area contributed by atoms with Gasteiger partial charge in [0.2, 0.25) is 11.8 Å². The summed E-state index contributed by atoms with van der Waals surface area (Å²) in [5.41, 5.74) is -1.12. The molecule has 0 bridgehead atoms. The molecular weight excluding hydrogens is 371 g/mol. The fourth-order valence-corrected chi connectivity index (χ4v) is 3.37. The minimum Gasteiger partial charge on any atom is -0.353 e. The molecule has 0 aromatic heterocycles. The Labute approximate surface area is 163 Å². The molecule has 1 aromatic rings. The molecule has 0 spiro atoms. The minimum atomic E-state index is -4.53. The van der Waals surface area contributed by atoms with Crippen LogP contribution in [0.1, 0.15) is 57.4 Å². The Morgan fingerprint density at radius 1 is 1.11 bits per heavy atom. The summed E-state index contributed by atoms with van der Waals surface area (Å²) in [6.07, 6.45) is 1.35. The van der Waals surface area contributed by atoms with Gasteiger partial charge in [-0.05, 0) is 31.9 Å². The molecule has 1 saturated carbocycles. The van der Waals surface area contributed by atoms with E-state index >= 15 is 0 Å². The molecule has 3 N–H and O–H groups in total. The van der Waals surface area contributed by atoms with Gasteiger partial charge in [0, 0.05) is 31.5 Å². The number of halogens is 3. The lowest BCUT2D eigenvalue weighted by Gasteiger charge is -2.23. The van der Waals surface area contributed by atoms with Crippen molar-refractivity contribution in [1.29, 1.82) is 0 Å². The normalized spacial score (nSPS) is 16.4. The highest BCUT2D eigenvalue weighted by atomic mass is 19.4. The molecule has 156 valence electrons. The van der Waals surface area contributed by atoms with E-state index in [1.54, 1.807) is 6.92 Å². The Morgan fingerprint density at radius 3 is 2.46 bits per heavy atom. The Bertz CT molecular complexity index is 658. The van der Waals surface area contributed by atoms with Crippen LogP contribution in [0.15, 0.2) is 24.3 Å². The van der Waals surface area contributed by atoms with E-state index in [-0.39, 0.29) is 30.1 Å². The van der Waals surface area contributed by atoms with E-state index in [2.05, 4.69) is 16.0 Å². The molecule has 0 heterocycles. The average Bonchev–Trinajstić information content (AvgIpc) is 2.62. The van der Waals surface area contributed by atoms with Crippen LogP contribution in [-0.2, 0) is 15.8 Å². The number of hydrogen-bond acceptors (Lipinski definition) is 3. The molecule has 1 aliphatic rings. The third-order valence-corrected chi connectivity index (χ3v) is 4.81. The summed E-state index contributed by atoms with van der Waals surface area (Å²) in [6, 6.07) is 4.88. The number of carbonyl (C=O) groups excluding carboxylic acids is 2. The Balaban J connectivity index is 1.70. The number of amides is 2. The highest BCUT2D eigenvalue weighted by Gasteiger charge is 2.33. The molecule has 0 saturated heterocycles. The van der Waals surface area contributed by atoms with Gasteiger partial charge in [0.25, 0.3) is 0 Å². The number of para-hydroxylation sites is 1. The van der Waals surface area contributed by atoms with Crippen molar-refractivity contribution in [1.82, 2.24) is 10.6 Å².